The molecule has 3 N–H and O–H groups in total. The zero-order valence-electron chi connectivity index (χ0n) is 62.0. The standard InChI is InChI=1S/C76H148O17P2/c1-7-9-11-13-15-33-42-48-54-60-75(80)92-71(64-86-73(78)58-52-46-40-16-14-12-10-8-2)66-90-94(82,83)88-62-70(77)63-89-95(84,85)91-67-72(65-87-74(79)59-53-47-41-36-31-27-24-23-26-30-35-39-45-51-57-69(5)6)93-76(81)61-55-49-43-37-32-28-22-20-18-17-19-21-25-29-34-38-44-50-56-68(3)4/h68-72,77H,7-67H2,1-6H3,(H,82,83)(H,84,85)/t70-,71+,72+/m0/s1. The van der Waals surface area contributed by atoms with E-state index in [-0.39, 0.29) is 25.7 Å². The van der Waals surface area contributed by atoms with E-state index >= 15 is 0 Å². The molecule has 564 valence electrons. The third kappa shape index (κ3) is 70.3. The van der Waals surface area contributed by atoms with E-state index in [1.165, 1.54) is 205 Å². The van der Waals surface area contributed by atoms with Gasteiger partial charge in [-0.15, -0.1) is 0 Å². The first kappa shape index (κ1) is 93.1. The lowest BCUT2D eigenvalue weighted by Gasteiger charge is -2.21. The van der Waals surface area contributed by atoms with Crippen LogP contribution in [0, 0.1) is 11.8 Å². The van der Waals surface area contributed by atoms with E-state index in [0.29, 0.717) is 25.7 Å². The van der Waals surface area contributed by atoms with Crippen LogP contribution in [0.25, 0.3) is 0 Å². The number of phosphoric acid groups is 2. The maximum atomic E-state index is 13.1. The monoisotopic (exact) mass is 1400 g/mol. The molecule has 0 aromatic carbocycles. The number of ether oxygens (including phenoxy) is 4. The summed E-state index contributed by atoms with van der Waals surface area (Å²) in [7, 11) is -9.90. The van der Waals surface area contributed by atoms with Gasteiger partial charge in [0.1, 0.15) is 19.3 Å². The average molecular weight is 1400 g/mol. The van der Waals surface area contributed by atoms with Gasteiger partial charge < -0.3 is 33.8 Å². The number of phosphoric ester groups is 2. The van der Waals surface area contributed by atoms with Crippen LogP contribution in [0.15, 0.2) is 0 Å². The van der Waals surface area contributed by atoms with Gasteiger partial charge in [0.25, 0.3) is 0 Å². The number of hydrogen-bond donors (Lipinski definition) is 3. The Morgan fingerprint density at radius 1 is 0.284 bits per heavy atom. The lowest BCUT2D eigenvalue weighted by molar-refractivity contribution is -0.161. The van der Waals surface area contributed by atoms with Gasteiger partial charge in [-0.25, -0.2) is 9.13 Å². The van der Waals surface area contributed by atoms with Gasteiger partial charge in [0.05, 0.1) is 26.4 Å². The number of hydrogen-bond acceptors (Lipinski definition) is 15. The molecule has 0 saturated carbocycles. The second-order valence-corrected chi connectivity index (χ2v) is 31.3. The highest BCUT2D eigenvalue weighted by molar-refractivity contribution is 7.47. The van der Waals surface area contributed by atoms with E-state index in [2.05, 4.69) is 41.5 Å². The van der Waals surface area contributed by atoms with E-state index in [1.54, 1.807) is 0 Å². The van der Waals surface area contributed by atoms with Crippen molar-refractivity contribution in [1.29, 1.82) is 0 Å². The fourth-order valence-electron chi connectivity index (χ4n) is 11.7. The van der Waals surface area contributed by atoms with Crippen molar-refractivity contribution in [3.63, 3.8) is 0 Å². The van der Waals surface area contributed by atoms with Crippen LogP contribution in [-0.4, -0.2) is 96.7 Å². The lowest BCUT2D eigenvalue weighted by atomic mass is 10.0. The Hall–Kier alpha value is -1.94. The molecule has 0 spiro atoms. The highest BCUT2D eigenvalue weighted by atomic mass is 31.2. The molecular formula is C76H148O17P2. The molecule has 95 heavy (non-hydrogen) atoms. The second-order valence-electron chi connectivity index (χ2n) is 28.3. The van der Waals surface area contributed by atoms with Crippen molar-refractivity contribution < 1.29 is 80.2 Å². The van der Waals surface area contributed by atoms with Gasteiger partial charge in [-0.1, -0.05) is 343 Å². The Kier molecular flexibility index (Phi) is 66.5. The first-order chi connectivity index (χ1) is 45.9. The van der Waals surface area contributed by atoms with Crippen molar-refractivity contribution in [2.75, 3.05) is 39.6 Å². The van der Waals surface area contributed by atoms with Crippen molar-refractivity contribution in [3.8, 4) is 0 Å². The molecule has 0 aliphatic rings. The number of aliphatic hydroxyl groups is 1. The number of carbonyl (C=O) groups excluding carboxylic acids is 4. The summed E-state index contributed by atoms with van der Waals surface area (Å²) in [4.78, 5) is 72.6. The van der Waals surface area contributed by atoms with Crippen LogP contribution in [0.3, 0.4) is 0 Å². The Balaban J connectivity index is 5.16. The molecular weight excluding hydrogens is 1250 g/mol. The van der Waals surface area contributed by atoms with Crippen LogP contribution in [0.2, 0.25) is 0 Å². The molecule has 0 fully saturated rings. The minimum atomic E-state index is -4.96. The quantitative estimate of drug-likeness (QED) is 0.0222. The van der Waals surface area contributed by atoms with Gasteiger partial charge in [0.15, 0.2) is 12.2 Å². The predicted octanol–water partition coefficient (Wildman–Crippen LogP) is 22.3. The normalized spacial score (nSPS) is 14.0. The van der Waals surface area contributed by atoms with E-state index in [1.807, 2.05) is 0 Å². The topological polar surface area (TPSA) is 237 Å². The number of unbranched alkanes of at least 4 members (excludes halogenated alkanes) is 45. The predicted molar refractivity (Wildman–Crippen MR) is 386 cm³/mol. The molecule has 0 aromatic heterocycles. The molecule has 0 heterocycles. The van der Waals surface area contributed by atoms with Crippen molar-refractivity contribution in [3.05, 3.63) is 0 Å². The molecule has 17 nitrogen and oxygen atoms in total. The molecule has 0 bridgehead atoms. The molecule has 0 aliphatic carbocycles. The Bertz CT molecular complexity index is 1840. The third-order valence-corrected chi connectivity index (χ3v) is 19.6. The molecule has 19 heteroatoms. The fourth-order valence-corrected chi connectivity index (χ4v) is 13.2. The summed E-state index contributed by atoms with van der Waals surface area (Å²) in [5, 5.41) is 10.6. The van der Waals surface area contributed by atoms with E-state index in [9.17, 15) is 43.2 Å². The van der Waals surface area contributed by atoms with Crippen LogP contribution < -0.4 is 0 Å². The van der Waals surface area contributed by atoms with Crippen molar-refractivity contribution >= 4 is 39.5 Å². The van der Waals surface area contributed by atoms with Crippen LogP contribution >= 0.6 is 15.6 Å². The minimum Gasteiger partial charge on any atom is -0.462 e. The van der Waals surface area contributed by atoms with Crippen molar-refractivity contribution in [2.45, 2.75) is 413 Å². The van der Waals surface area contributed by atoms with E-state index < -0.39 is 97.5 Å². The van der Waals surface area contributed by atoms with Gasteiger partial charge in [0.2, 0.25) is 0 Å². The van der Waals surface area contributed by atoms with Crippen LogP contribution in [0.5, 0.6) is 0 Å². The molecule has 0 amide bonds. The zero-order valence-corrected chi connectivity index (χ0v) is 63.8. The number of rotatable bonds is 75. The van der Waals surface area contributed by atoms with Gasteiger partial charge in [-0.2, -0.15) is 0 Å². The summed E-state index contributed by atoms with van der Waals surface area (Å²) in [6.45, 7) is 9.61. The molecule has 0 rings (SSSR count). The number of carbonyl (C=O) groups is 4. The van der Waals surface area contributed by atoms with E-state index in [4.69, 9.17) is 37.0 Å². The van der Waals surface area contributed by atoms with Gasteiger partial charge in [0, 0.05) is 25.7 Å². The van der Waals surface area contributed by atoms with Crippen molar-refractivity contribution in [1.82, 2.24) is 0 Å². The van der Waals surface area contributed by atoms with Gasteiger partial charge in [-0.3, -0.25) is 37.3 Å². The Morgan fingerprint density at radius 3 is 0.716 bits per heavy atom. The summed E-state index contributed by atoms with van der Waals surface area (Å²) >= 11 is 0. The number of esters is 4. The summed E-state index contributed by atoms with van der Waals surface area (Å²) in [5.41, 5.74) is 0. The highest BCUT2D eigenvalue weighted by Gasteiger charge is 2.30. The molecule has 5 atom stereocenters. The first-order valence-corrected chi connectivity index (χ1v) is 42.5. The molecule has 0 aromatic rings. The average Bonchev–Trinajstić information content (AvgIpc) is 2.18. The molecule has 2 unspecified atom stereocenters. The zero-order chi connectivity index (χ0) is 70.0. The third-order valence-electron chi connectivity index (χ3n) is 17.7. The summed E-state index contributed by atoms with van der Waals surface area (Å²) in [6, 6.07) is 0. The van der Waals surface area contributed by atoms with E-state index in [0.717, 1.165) is 108 Å². The maximum absolute atomic E-state index is 13.1. The summed E-state index contributed by atoms with van der Waals surface area (Å²) in [6.07, 6.45) is 55.7. The second kappa shape index (κ2) is 67.9. The fraction of sp³-hybridized carbons (Fsp3) is 0.947. The Morgan fingerprint density at radius 2 is 0.484 bits per heavy atom. The number of aliphatic hydroxyl groups excluding tert-OH is 1. The molecule has 0 radical (unpaired) electrons. The van der Waals surface area contributed by atoms with Crippen LogP contribution in [-0.2, 0) is 65.4 Å². The van der Waals surface area contributed by atoms with Gasteiger partial charge >= 0.3 is 39.5 Å². The van der Waals surface area contributed by atoms with Crippen LogP contribution in [0.1, 0.15) is 395 Å². The Labute approximate surface area is 581 Å². The van der Waals surface area contributed by atoms with Gasteiger partial charge in [-0.05, 0) is 37.5 Å². The SMILES string of the molecule is CCCCCCCCCCCC(=O)O[C@H](COC(=O)CCCCCCCCCC)COP(=O)(O)OC[C@H](O)COP(=O)(O)OC[C@@H](COC(=O)CCCCCCCCCCCCCCCCC(C)C)OC(=O)CCCCCCCCCCCCCCCCCCCCC(C)C. The summed E-state index contributed by atoms with van der Waals surface area (Å²) < 4.78 is 68.4. The largest absolute Gasteiger partial charge is 0.472 e. The highest BCUT2D eigenvalue weighted by Crippen LogP contribution is 2.45. The summed E-state index contributed by atoms with van der Waals surface area (Å²) in [5.74, 6) is -0.500. The lowest BCUT2D eigenvalue weighted by Crippen LogP contribution is -2.30. The molecule has 0 saturated heterocycles. The maximum Gasteiger partial charge on any atom is 0.472 e. The minimum absolute atomic E-state index is 0.106. The first-order valence-electron chi connectivity index (χ1n) is 39.5. The van der Waals surface area contributed by atoms with Crippen LogP contribution in [0.4, 0.5) is 0 Å². The smallest absolute Gasteiger partial charge is 0.462 e. The van der Waals surface area contributed by atoms with Crippen molar-refractivity contribution in [2.24, 2.45) is 11.8 Å². The molecule has 0 aliphatic heterocycles.